The average Bonchev–Trinajstić information content (AvgIpc) is 2.54. The Morgan fingerprint density at radius 1 is 1.19 bits per heavy atom. The van der Waals surface area contributed by atoms with Gasteiger partial charge >= 0.3 is 0 Å². The fourth-order valence-corrected chi connectivity index (χ4v) is 2.99. The van der Waals surface area contributed by atoms with Crippen molar-refractivity contribution in [3.8, 4) is 5.75 Å². The monoisotopic (exact) mass is 291 g/mol. The van der Waals surface area contributed by atoms with Gasteiger partial charge in [-0.05, 0) is 19.4 Å². The molecule has 0 aromatic heterocycles. The standard InChI is InChI=1S/C17H29N3O/c1-4-14(2)20-11-9-19(10-12-20)13-16(18)15-7-5-6-8-17(15)21-3/h5-8,14,16H,4,9-13,18H2,1-3H3. The summed E-state index contributed by atoms with van der Waals surface area (Å²) in [6, 6.07) is 8.76. The van der Waals surface area contributed by atoms with E-state index in [1.807, 2.05) is 18.2 Å². The van der Waals surface area contributed by atoms with Crippen LogP contribution in [0.15, 0.2) is 24.3 Å². The van der Waals surface area contributed by atoms with E-state index in [-0.39, 0.29) is 6.04 Å². The van der Waals surface area contributed by atoms with Crippen molar-refractivity contribution in [1.29, 1.82) is 0 Å². The SMILES string of the molecule is CCC(C)N1CCN(CC(N)c2ccccc2OC)CC1. The third-order valence-electron chi connectivity index (χ3n) is 4.61. The molecule has 0 amide bonds. The number of ether oxygens (including phenoxy) is 1. The number of nitrogens with zero attached hydrogens (tertiary/aromatic N) is 2. The Kier molecular flexibility index (Phi) is 6.03. The topological polar surface area (TPSA) is 41.7 Å². The van der Waals surface area contributed by atoms with Crippen molar-refractivity contribution in [2.24, 2.45) is 5.73 Å². The number of hydrogen-bond acceptors (Lipinski definition) is 4. The molecule has 0 saturated carbocycles. The maximum Gasteiger partial charge on any atom is 0.123 e. The van der Waals surface area contributed by atoms with Crippen LogP contribution in [0.3, 0.4) is 0 Å². The predicted octanol–water partition coefficient (Wildman–Crippen LogP) is 2.11. The lowest BCUT2D eigenvalue weighted by Gasteiger charge is -2.38. The Morgan fingerprint density at radius 3 is 2.48 bits per heavy atom. The lowest BCUT2D eigenvalue weighted by atomic mass is 10.1. The van der Waals surface area contributed by atoms with Crippen LogP contribution in [0, 0.1) is 0 Å². The van der Waals surface area contributed by atoms with E-state index in [4.69, 9.17) is 10.5 Å². The van der Waals surface area contributed by atoms with Crippen molar-refractivity contribution in [2.45, 2.75) is 32.4 Å². The number of piperazine rings is 1. The molecular weight excluding hydrogens is 262 g/mol. The van der Waals surface area contributed by atoms with Crippen LogP contribution < -0.4 is 10.5 Å². The summed E-state index contributed by atoms with van der Waals surface area (Å²) >= 11 is 0. The van der Waals surface area contributed by atoms with Gasteiger partial charge in [0.05, 0.1) is 7.11 Å². The van der Waals surface area contributed by atoms with E-state index < -0.39 is 0 Å². The highest BCUT2D eigenvalue weighted by molar-refractivity contribution is 5.35. The summed E-state index contributed by atoms with van der Waals surface area (Å²) in [5.74, 6) is 0.892. The van der Waals surface area contributed by atoms with Crippen LogP contribution in [0.4, 0.5) is 0 Å². The first kappa shape index (κ1) is 16.3. The van der Waals surface area contributed by atoms with E-state index in [1.165, 1.54) is 6.42 Å². The van der Waals surface area contributed by atoms with Crippen molar-refractivity contribution in [2.75, 3.05) is 39.8 Å². The largest absolute Gasteiger partial charge is 0.496 e. The van der Waals surface area contributed by atoms with Crippen LogP contribution in [0.25, 0.3) is 0 Å². The molecule has 2 atom stereocenters. The van der Waals surface area contributed by atoms with E-state index >= 15 is 0 Å². The summed E-state index contributed by atoms with van der Waals surface area (Å²) in [5.41, 5.74) is 7.49. The molecule has 1 aliphatic heterocycles. The summed E-state index contributed by atoms with van der Waals surface area (Å²) < 4.78 is 5.41. The molecule has 0 bridgehead atoms. The minimum atomic E-state index is 0.0105. The molecular formula is C17H29N3O. The van der Waals surface area contributed by atoms with Gasteiger partial charge in [0.1, 0.15) is 5.75 Å². The Labute approximate surface area is 128 Å². The molecule has 1 fully saturated rings. The van der Waals surface area contributed by atoms with Crippen molar-refractivity contribution in [1.82, 2.24) is 9.80 Å². The molecule has 0 radical (unpaired) electrons. The van der Waals surface area contributed by atoms with E-state index in [0.29, 0.717) is 6.04 Å². The van der Waals surface area contributed by atoms with Gasteiger partial charge in [-0.15, -0.1) is 0 Å². The normalized spacial score (nSPS) is 20.2. The Morgan fingerprint density at radius 2 is 1.86 bits per heavy atom. The van der Waals surface area contributed by atoms with Crippen molar-refractivity contribution < 1.29 is 4.74 Å². The van der Waals surface area contributed by atoms with Gasteiger partial charge < -0.3 is 10.5 Å². The lowest BCUT2D eigenvalue weighted by Crippen LogP contribution is -2.50. The van der Waals surface area contributed by atoms with Crippen LogP contribution in [-0.4, -0.2) is 55.7 Å². The molecule has 1 aromatic carbocycles. The van der Waals surface area contributed by atoms with Gasteiger partial charge in [0.25, 0.3) is 0 Å². The Bertz CT molecular complexity index is 430. The van der Waals surface area contributed by atoms with Gasteiger partial charge in [0.15, 0.2) is 0 Å². The van der Waals surface area contributed by atoms with Crippen LogP contribution in [-0.2, 0) is 0 Å². The summed E-state index contributed by atoms with van der Waals surface area (Å²) in [5, 5.41) is 0. The van der Waals surface area contributed by atoms with Gasteiger partial charge in [-0.3, -0.25) is 9.80 Å². The van der Waals surface area contributed by atoms with Crippen LogP contribution >= 0.6 is 0 Å². The zero-order valence-electron chi connectivity index (χ0n) is 13.6. The Hall–Kier alpha value is -1.10. The number of nitrogens with two attached hydrogens (primary N) is 1. The highest BCUT2D eigenvalue weighted by Crippen LogP contribution is 2.24. The predicted molar refractivity (Wildman–Crippen MR) is 87.7 cm³/mol. The first-order chi connectivity index (χ1) is 10.2. The lowest BCUT2D eigenvalue weighted by molar-refractivity contribution is 0.0966. The zero-order chi connectivity index (χ0) is 15.2. The number of methoxy groups -OCH3 is 1. The Balaban J connectivity index is 1.88. The fourth-order valence-electron chi connectivity index (χ4n) is 2.99. The summed E-state index contributed by atoms with van der Waals surface area (Å²) in [7, 11) is 1.70. The highest BCUT2D eigenvalue weighted by Gasteiger charge is 2.22. The van der Waals surface area contributed by atoms with Gasteiger partial charge in [0, 0.05) is 50.4 Å². The van der Waals surface area contributed by atoms with Crippen molar-refractivity contribution >= 4 is 0 Å². The molecule has 1 aromatic rings. The van der Waals surface area contributed by atoms with E-state index in [2.05, 4.69) is 29.7 Å². The second kappa shape index (κ2) is 7.78. The number of benzene rings is 1. The quantitative estimate of drug-likeness (QED) is 0.871. The van der Waals surface area contributed by atoms with Crippen molar-refractivity contribution in [3.63, 3.8) is 0 Å². The van der Waals surface area contributed by atoms with Crippen LogP contribution in [0.2, 0.25) is 0 Å². The molecule has 0 aliphatic carbocycles. The molecule has 1 aliphatic rings. The van der Waals surface area contributed by atoms with Gasteiger partial charge in [0.2, 0.25) is 0 Å². The van der Waals surface area contributed by atoms with Gasteiger partial charge in [-0.2, -0.15) is 0 Å². The minimum Gasteiger partial charge on any atom is -0.496 e. The van der Waals surface area contributed by atoms with Gasteiger partial charge in [-0.1, -0.05) is 25.1 Å². The van der Waals surface area contributed by atoms with Crippen molar-refractivity contribution in [3.05, 3.63) is 29.8 Å². The maximum absolute atomic E-state index is 6.39. The molecule has 1 saturated heterocycles. The zero-order valence-corrected chi connectivity index (χ0v) is 13.6. The third kappa shape index (κ3) is 4.19. The molecule has 2 rings (SSSR count). The first-order valence-corrected chi connectivity index (χ1v) is 8.00. The van der Waals surface area contributed by atoms with E-state index in [1.54, 1.807) is 7.11 Å². The smallest absolute Gasteiger partial charge is 0.123 e. The van der Waals surface area contributed by atoms with E-state index in [9.17, 15) is 0 Å². The third-order valence-corrected chi connectivity index (χ3v) is 4.61. The van der Waals surface area contributed by atoms with Crippen LogP contribution in [0.1, 0.15) is 31.9 Å². The second-order valence-electron chi connectivity index (χ2n) is 5.94. The fraction of sp³-hybridized carbons (Fsp3) is 0.647. The molecule has 118 valence electrons. The second-order valence-corrected chi connectivity index (χ2v) is 5.94. The summed E-state index contributed by atoms with van der Waals surface area (Å²) in [6.07, 6.45) is 1.22. The molecule has 4 nitrogen and oxygen atoms in total. The minimum absolute atomic E-state index is 0.0105. The van der Waals surface area contributed by atoms with Gasteiger partial charge in [-0.25, -0.2) is 0 Å². The number of rotatable bonds is 6. The molecule has 1 heterocycles. The summed E-state index contributed by atoms with van der Waals surface area (Å²) in [6.45, 7) is 9.97. The van der Waals surface area contributed by atoms with E-state index in [0.717, 1.165) is 44.0 Å². The molecule has 2 unspecified atom stereocenters. The first-order valence-electron chi connectivity index (χ1n) is 8.00. The number of para-hydroxylation sites is 1. The van der Waals surface area contributed by atoms with Crippen LogP contribution in [0.5, 0.6) is 5.75 Å². The molecule has 21 heavy (non-hydrogen) atoms. The molecule has 4 heteroatoms. The summed E-state index contributed by atoms with van der Waals surface area (Å²) in [4.78, 5) is 5.04. The number of hydrogen-bond donors (Lipinski definition) is 1. The molecule has 2 N–H and O–H groups in total. The maximum atomic E-state index is 6.39. The molecule has 0 spiro atoms. The average molecular weight is 291 g/mol. The highest BCUT2D eigenvalue weighted by atomic mass is 16.5.